The van der Waals surface area contributed by atoms with Crippen LogP contribution in [0.25, 0.3) is 21.8 Å². The van der Waals surface area contributed by atoms with E-state index < -0.39 is 327 Å². The molecule has 0 saturated carbocycles. The van der Waals surface area contributed by atoms with Gasteiger partial charge in [0.1, 0.15) is 29.2 Å². The molecule has 149 heavy (non-hydrogen) atoms. The summed E-state index contributed by atoms with van der Waals surface area (Å²) in [6.07, 6.45) is -7.02. The van der Waals surface area contributed by atoms with Crippen LogP contribution in [0.3, 0.4) is 0 Å². The van der Waals surface area contributed by atoms with Crippen LogP contribution in [0, 0.1) is 47.3 Å². The van der Waals surface area contributed by atoms with Crippen LogP contribution in [0.2, 0.25) is 0 Å². The van der Waals surface area contributed by atoms with Crippen LogP contribution in [0.4, 0.5) is 4.79 Å². The van der Waals surface area contributed by atoms with E-state index in [0.29, 0.717) is 101 Å². The second-order valence-corrected chi connectivity index (χ2v) is 43.5. The summed E-state index contributed by atoms with van der Waals surface area (Å²) in [7, 11) is 0. The van der Waals surface area contributed by atoms with E-state index >= 15 is 14.4 Å². The van der Waals surface area contributed by atoms with Crippen molar-refractivity contribution in [3.8, 4) is 11.5 Å². The fourth-order valence-electron chi connectivity index (χ4n) is 20.6. The number of nitrogens with zero attached hydrogens (tertiary/aromatic N) is 2. The van der Waals surface area contributed by atoms with E-state index in [1.165, 1.54) is 23.6 Å². The lowest BCUT2D eigenvalue weighted by Gasteiger charge is -2.45. The number of alkyl carbamates (subject to hydrolysis) is 1. The van der Waals surface area contributed by atoms with Crippen LogP contribution in [0.15, 0.2) is 46.5 Å². The monoisotopic (exact) mass is 2120 g/mol. The van der Waals surface area contributed by atoms with Crippen molar-refractivity contribution in [1.29, 1.82) is 0 Å². The quantitative estimate of drug-likeness (QED) is 0.0309. The number of primary amides is 2. The van der Waals surface area contributed by atoms with Crippen molar-refractivity contribution in [3.63, 3.8) is 0 Å². The number of hydrogen-bond acceptors (Lipinski definition) is 33. The number of hydrogen-bond donors (Lipinski definition) is 22. The molecule has 2 saturated heterocycles. The fraction of sp³-hybridized carbons (Fsp3) is 0.653. The van der Waals surface area contributed by atoms with Crippen LogP contribution in [0.1, 0.15) is 202 Å². The van der Waals surface area contributed by atoms with Crippen LogP contribution >= 0.6 is 23.5 Å². The maximum absolute atomic E-state index is 16.1. The molecule has 48 heteroatoms. The van der Waals surface area contributed by atoms with Crippen LogP contribution in [-0.2, 0) is 104 Å². The average molecular weight is 2120 g/mol. The molecular weight excluding hydrogens is 1980 g/mol. The van der Waals surface area contributed by atoms with E-state index in [-0.39, 0.29) is 94.0 Å². The van der Waals surface area contributed by atoms with Gasteiger partial charge in [-0.15, -0.1) is 23.5 Å². The molecule has 0 radical (unpaired) electrons. The van der Waals surface area contributed by atoms with E-state index in [9.17, 15) is 107 Å². The Hall–Kier alpha value is -11.6. The Kier molecular flexibility index (Phi) is 41.8. The van der Waals surface area contributed by atoms with Gasteiger partial charge in [-0.2, -0.15) is 0 Å². The molecule has 820 valence electrons. The van der Waals surface area contributed by atoms with Crippen LogP contribution < -0.4 is 85.2 Å². The number of ether oxygens (including phenoxy) is 3. The highest BCUT2D eigenvalue weighted by Gasteiger charge is 2.60. The zero-order valence-electron chi connectivity index (χ0n) is 85.7. The minimum Gasteiger partial charge on any atom is -0.465 e. The molecule has 2 aromatic heterocycles. The molecule has 16 bridgehead atoms. The van der Waals surface area contributed by atoms with E-state index in [2.05, 4.69) is 68.5 Å². The molecule has 25 N–H and O–H groups in total. The number of aromatic nitrogens is 2. The van der Waals surface area contributed by atoms with Gasteiger partial charge >= 0.3 is 6.09 Å². The zero-order chi connectivity index (χ0) is 109. The lowest BCUT2D eigenvalue weighted by molar-refractivity contribution is -0.168. The SMILES string of the molecule is CC[C@H](C)[C@@H]1NC(=O)CNC(=O)C2CC(=O)[C@H]([C@@H](C)[C@@H](O)CO)NC(=O)[C@@H]3CC(O)CN3C3(CCCCCCN)Oc4ccc5c(c([nH]c5c4)SCC(NC(=O)CNC1=O)C(=O)C[C@@H](CC(N)=O)C3=O)C2.CC[C@H](C)[C@@H]1NC(=O)CNC(=O)C2CC(=O)[C@H]([C@@H](C)[C@@H](O)CO)NC(=O)[C@@H]3CC(O)CN3C3(CCCCCCNC(=O)OC(C)(C)C)Oc4ccc5c(c([nH]c5c4)SCC(NC(=O)CNC1=O)C(=O)C[C@@H](CC(N)=O)C3=O)C2. The Bertz CT molecular complexity index is 5600. The number of aliphatic hydroxyl groups is 6. The van der Waals surface area contributed by atoms with E-state index in [4.69, 9.17) is 31.4 Å². The third kappa shape index (κ3) is 30.0. The van der Waals surface area contributed by atoms with Gasteiger partial charge < -0.3 is 131 Å². The first-order valence-corrected chi connectivity index (χ1v) is 53.3. The first kappa shape index (κ1) is 118. The van der Waals surface area contributed by atoms with Gasteiger partial charge in [-0.1, -0.05) is 80.1 Å². The molecular formula is C101H146N18O28S2. The third-order valence-electron chi connectivity index (χ3n) is 29.2. The van der Waals surface area contributed by atoms with Gasteiger partial charge in [0.05, 0.1) is 121 Å². The first-order valence-electron chi connectivity index (χ1n) is 51.4. The summed E-state index contributed by atoms with van der Waals surface area (Å²) in [5.74, 6) is -23.5. The van der Waals surface area contributed by atoms with Crippen molar-refractivity contribution < 1.29 is 136 Å². The molecule has 12 rings (SSSR count). The largest absolute Gasteiger partial charge is 0.465 e. The number of carbonyl (C=O) groups excluding carboxylic acids is 19. The van der Waals surface area contributed by atoms with Gasteiger partial charge in [0.25, 0.3) is 0 Å². The summed E-state index contributed by atoms with van der Waals surface area (Å²) < 4.78 is 19.3. The van der Waals surface area contributed by atoms with Gasteiger partial charge in [-0.25, -0.2) is 14.6 Å². The molecule has 22 atom stereocenters. The Balaban J connectivity index is 0.000000284. The number of nitrogens with one attached hydrogen (secondary N) is 13. The normalized spacial score (nSPS) is 28.2. The van der Waals surface area contributed by atoms with Crippen molar-refractivity contribution in [2.45, 2.75) is 303 Å². The number of aromatic amines is 2. The number of nitrogens with two attached hydrogens (primary N) is 3. The molecule has 8 aliphatic rings. The zero-order valence-corrected chi connectivity index (χ0v) is 87.3. The van der Waals surface area contributed by atoms with Gasteiger partial charge in [0.15, 0.2) is 34.7 Å². The summed E-state index contributed by atoms with van der Waals surface area (Å²) in [5, 5.41) is 96.4. The summed E-state index contributed by atoms with van der Waals surface area (Å²) in [4.78, 5) is 281. The Morgan fingerprint density at radius 3 is 1.23 bits per heavy atom. The van der Waals surface area contributed by atoms with Crippen LogP contribution in [0.5, 0.6) is 11.5 Å². The topological polar surface area (TPSA) is 722 Å². The molecule has 46 nitrogen and oxygen atoms in total. The van der Waals surface area contributed by atoms with Gasteiger partial charge in [-0.05, 0) is 126 Å². The van der Waals surface area contributed by atoms with Crippen molar-refractivity contribution >= 4 is 157 Å². The molecule has 8 aliphatic heterocycles. The molecule has 4 aromatic rings. The number of benzene rings is 2. The highest BCUT2D eigenvalue weighted by Crippen LogP contribution is 2.46. The predicted molar refractivity (Wildman–Crippen MR) is 541 cm³/mol. The highest BCUT2D eigenvalue weighted by molar-refractivity contribution is 7.99. The smallest absolute Gasteiger partial charge is 0.407 e. The maximum atomic E-state index is 16.1. The number of carbonyl (C=O) groups is 19. The minimum absolute atomic E-state index is 0.0806. The summed E-state index contributed by atoms with van der Waals surface area (Å²) >= 11 is 2.16. The number of thioether (sulfide) groups is 2. The lowest BCUT2D eigenvalue weighted by Crippen LogP contribution is -2.65. The van der Waals surface area contributed by atoms with E-state index in [0.717, 1.165) is 23.5 Å². The summed E-state index contributed by atoms with van der Waals surface area (Å²) in [6, 6.07) is -1.46. The van der Waals surface area contributed by atoms with Crippen molar-refractivity contribution in [1.82, 2.24) is 78.3 Å². The number of Topliss-reactive ketones (excluding diaryl/α,β-unsaturated/α-hetero) is 6. The first-order chi connectivity index (χ1) is 70.6. The molecule has 8 unspecified atom stereocenters. The maximum Gasteiger partial charge on any atom is 0.407 e. The number of unbranched alkanes of at least 4 members (excludes halogenated alkanes) is 6. The Labute approximate surface area is 870 Å². The van der Waals surface area contributed by atoms with Crippen molar-refractivity contribution in [3.05, 3.63) is 47.5 Å². The number of H-pyrrole nitrogens is 2. The standard InChI is InChI=1S/C53H77N9O15S.C48H69N9O13S/c1-7-27(2)44-49(74)57-22-42(69)58-36-26-78-50-34-16-30(47(72)56-23-43(70)60-44)18-39(66)45(28(3)40(67)25-63)61-48(73)37-20-31(64)24-62(37)53(46(71)29(17-38(36)65)19-41(54)68,76-32-12-13-33(34)35(21-32)59-50)14-10-8-9-11-15-55-51(75)77-52(4,5)6;1-4-24(2)41-46(69)52-19-39(64)53-33-23-71-47-31-13-27(44(67)51-20-40(65)55-41)15-36(61)42(25(3)37(62)22-58)56-45(68)34-17-28(59)21-57(34)48(11-7-5-6-8-12-49,43(66)26(14-35(33)60)16-38(50)63)70-29-9-10-30(31)32(18-29)54-47/h12-13,21,27-31,36-37,40,44-45,59,63-64,67H,7-11,14-20,22-26H2,1-6H3,(H2,54,68)(H,55,75)(H,56,72)(H,57,74)(H,58,69)(H,60,70)(H,61,73);9-10,18,24-28,33-34,37,41-42,54,58-59,62H,4-8,11-17,19-23,49H2,1-3H3,(H2,50,63)(H,51,67)(H,52,69)(H,53,64)(H,55,65)(H,56,68)/t27-,28-,29-,30?,31?,36?,37-,40-,44-,45-,53?;24-,25-,26-,27?,28?,33?,34-,37-,41-,42-,48?/m00/s1. The second kappa shape index (κ2) is 52.9. The molecule has 0 spiro atoms. The molecule has 2 aromatic carbocycles. The molecule has 10 heterocycles. The lowest BCUT2D eigenvalue weighted by atomic mass is 9.82. The average Bonchev–Trinajstić information content (AvgIpc) is 1.64. The summed E-state index contributed by atoms with van der Waals surface area (Å²) in [6.45, 7) is 10.8. The molecule has 0 aliphatic carbocycles. The predicted octanol–water partition coefficient (Wildman–Crippen LogP) is -1.27. The third-order valence-corrected chi connectivity index (χ3v) is 31.5. The van der Waals surface area contributed by atoms with Crippen molar-refractivity contribution in [2.75, 3.05) is 77.1 Å². The van der Waals surface area contributed by atoms with Gasteiger partial charge in [-0.3, -0.25) is 86.3 Å². The number of ketones is 6. The number of amides is 13. The second-order valence-electron chi connectivity index (χ2n) is 41.4. The Morgan fingerprint density at radius 1 is 0.490 bits per heavy atom. The Morgan fingerprint density at radius 2 is 0.866 bits per heavy atom. The number of rotatable bonds is 27. The summed E-state index contributed by atoms with van der Waals surface area (Å²) in [5.41, 5.74) is 14.1. The van der Waals surface area contributed by atoms with E-state index in [1.807, 2.05) is 0 Å². The van der Waals surface area contributed by atoms with Crippen LogP contribution in [-0.4, -0.2) is 329 Å². The minimum atomic E-state index is -2.29. The van der Waals surface area contributed by atoms with E-state index in [1.54, 1.807) is 84.9 Å². The molecule has 2 fully saturated rings. The molecule has 13 amide bonds. The van der Waals surface area contributed by atoms with Gasteiger partial charge in [0, 0.05) is 141 Å². The number of aliphatic hydroxyl groups excluding tert-OH is 6. The number of fused-ring (bicyclic) bond motifs is 14. The highest BCUT2D eigenvalue weighted by atomic mass is 32.2. The van der Waals surface area contributed by atoms with Crippen molar-refractivity contribution in [2.24, 2.45) is 64.5 Å². The fourth-order valence-corrected chi connectivity index (χ4v) is 22.9. The van der Waals surface area contributed by atoms with Gasteiger partial charge in [0.2, 0.25) is 82.3 Å².